The fourth-order valence-electron chi connectivity index (χ4n) is 0.905. The Bertz CT molecular complexity index is 267. The minimum Gasteiger partial charge on any atom is -0.481 e. The van der Waals surface area contributed by atoms with E-state index < -0.39 is 0 Å². The van der Waals surface area contributed by atoms with Gasteiger partial charge >= 0.3 is 5.97 Å². The van der Waals surface area contributed by atoms with Gasteiger partial charge in [-0.1, -0.05) is 13.0 Å². The van der Waals surface area contributed by atoms with E-state index in [-0.39, 0.29) is 5.97 Å². The quantitative estimate of drug-likeness (QED) is 0.738. The summed E-state index contributed by atoms with van der Waals surface area (Å²) in [7, 11) is 1.60. The second kappa shape index (κ2) is 9.96. The van der Waals surface area contributed by atoms with Crippen LogP contribution in [0.3, 0.4) is 0 Å². The third-order valence-corrected chi connectivity index (χ3v) is 1.61. The first-order chi connectivity index (χ1) is 7.74. The SMILES string of the molecule is CCCC(=O)OCC.COc1ccccn1. The Balaban J connectivity index is 0.000000281. The van der Waals surface area contributed by atoms with Crippen LogP contribution < -0.4 is 4.74 Å². The number of nitrogens with zero attached hydrogens (tertiary/aromatic N) is 1. The molecule has 0 spiro atoms. The van der Waals surface area contributed by atoms with Crippen molar-refractivity contribution in [2.45, 2.75) is 26.7 Å². The fourth-order valence-corrected chi connectivity index (χ4v) is 0.905. The lowest BCUT2D eigenvalue weighted by Crippen LogP contribution is -2.01. The van der Waals surface area contributed by atoms with E-state index in [0.29, 0.717) is 18.9 Å². The molecule has 90 valence electrons. The maximum atomic E-state index is 10.4. The normalized spacial score (nSPS) is 8.69. The highest BCUT2D eigenvalue weighted by Gasteiger charge is 1.95. The second-order valence-electron chi connectivity index (χ2n) is 2.93. The predicted molar refractivity (Wildman–Crippen MR) is 62.3 cm³/mol. The van der Waals surface area contributed by atoms with Crippen LogP contribution in [0, 0.1) is 0 Å². The van der Waals surface area contributed by atoms with Gasteiger partial charge in [-0.25, -0.2) is 4.98 Å². The lowest BCUT2D eigenvalue weighted by Gasteiger charge is -1.96. The van der Waals surface area contributed by atoms with E-state index in [9.17, 15) is 4.79 Å². The zero-order valence-corrected chi connectivity index (χ0v) is 10.1. The standard InChI is InChI=1S/C6H7NO.C6H12O2/c1-8-6-4-2-3-5-7-6;1-3-5-6(7)8-4-2/h2-5H,1H3;3-5H2,1-2H3. The molecule has 1 aromatic rings. The molecule has 4 heteroatoms. The molecule has 0 radical (unpaired) electrons. The van der Waals surface area contributed by atoms with E-state index >= 15 is 0 Å². The Morgan fingerprint density at radius 2 is 2.12 bits per heavy atom. The number of carbonyl (C=O) groups excluding carboxylic acids is 1. The molecule has 0 N–H and O–H groups in total. The zero-order valence-electron chi connectivity index (χ0n) is 10.1. The van der Waals surface area contributed by atoms with Crippen LogP contribution in [-0.2, 0) is 9.53 Å². The highest BCUT2D eigenvalue weighted by atomic mass is 16.5. The van der Waals surface area contributed by atoms with Crippen LogP contribution in [0.15, 0.2) is 24.4 Å². The maximum absolute atomic E-state index is 10.4. The molecule has 0 unspecified atom stereocenters. The van der Waals surface area contributed by atoms with E-state index in [1.807, 2.05) is 26.0 Å². The average Bonchev–Trinajstić information content (AvgIpc) is 2.32. The summed E-state index contributed by atoms with van der Waals surface area (Å²) in [5.74, 6) is 0.572. The van der Waals surface area contributed by atoms with Gasteiger partial charge in [-0.15, -0.1) is 0 Å². The molecule has 0 fully saturated rings. The summed E-state index contributed by atoms with van der Waals surface area (Å²) in [4.78, 5) is 14.3. The molecular formula is C12H19NO3. The molecule has 0 bridgehead atoms. The van der Waals surface area contributed by atoms with Gasteiger partial charge in [0.15, 0.2) is 0 Å². The average molecular weight is 225 g/mol. The molecule has 4 nitrogen and oxygen atoms in total. The van der Waals surface area contributed by atoms with Gasteiger partial charge < -0.3 is 9.47 Å². The largest absolute Gasteiger partial charge is 0.481 e. The van der Waals surface area contributed by atoms with E-state index in [4.69, 9.17) is 4.74 Å². The smallest absolute Gasteiger partial charge is 0.305 e. The van der Waals surface area contributed by atoms with Crippen LogP contribution in [0.2, 0.25) is 0 Å². The van der Waals surface area contributed by atoms with E-state index in [1.165, 1.54) is 0 Å². The summed E-state index contributed by atoms with van der Waals surface area (Å²) in [6.45, 7) is 4.27. The first kappa shape index (κ1) is 14.4. The number of aromatic nitrogens is 1. The summed E-state index contributed by atoms with van der Waals surface area (Å²) >= 11 is 0. The maximum Gasteiger partial charge on any atom is 0.305 e. The number of esters is 1. The number of hydrogen-bond donors (Lipinski definition) is 0. The number of pyridine rings is 1. The Hall–Kier alpha value is -1.58. The Labute approximate surface area is 96.6 Å². The summed E-state index contributed by atoms with van der Waals surface area (Å²) in [6, 6.07) is 5.54. The van der Waals surface area contributed by atoms with Crippen LogP contribution >= 0.6 is 0 Å². The highest BCUT2D eigenvalue weighted by Crippen LogP contribution is 1.99. The van der Waals surface area contributed by atoms with Crippen LogP contribution in [0.25, 0.3) is 0 Å². The second-order valence-corrected chi connectivity index (χ2v) is 2.93. The van der Waals surface area contributed by atoms with E-state index in [2.05, 4.69) is 9.72 Å². The van der Waals surface area contributed by atoms with E-state index in [0.717, 1.165) is 6.42 Å². The molecule has 1 heterocycles. The van der Waals surface area contributed by atoms with Gasteiger partial charge in [0.05, 0.1) is 13.7 Å². The van der Waals surface area contributed by atoms with Crippen molar-refractivity contribution in [3.8, 4) is 5.88 Å². The van der Waals surface area contributed by atoms with Gasteiger partial charge in [-0.05, 0) is 19.4 Å². The molecule has 16 heavy (non-hydrogen) atoms. The van der Waals surface area contributed by atoms with Gasteiger partial charge in [-0.2, -0.15) is 0 Å². The number of rotatable bonds is 4. The van der Waals surface area contributed by atoms with E-state index in [1.54, 1.807) is 19.4 Å². The van der Waals surface area contributed by atoms with Crippen molar-refractivity contribution >= 4 is 5.97 Å². The van der Waals surface area contributed by atoms with Crippen molar-refractivity contribution in [3.63, 3.8) is 0 Å². The van der Waals surface area contributed by atoms with Gasteiger partial charge in [0.25, 0.3) is 0 Å². The summed E-state index contributed by atoms with van der Waals surface area (Å²) < 4.78 is 9.45. The molecule has 0 aliphatic carbocycles. The number of ether oxygens (including phenoxy) is 2. The number of carbonyl (C=O) groups is 1. The lowest BCUT2D eigenvalue weighted by atomic mass is 10.3. The molecule has 1 aromatic heterocycles. The zero-order chi connectivity index (χ0) is 12.2. The molecule has 0 amide bonds. The van der Waals surface area contributed by atoms with Crippen molar-refractivity contribution in [2.24, 2.45) is 0 Å². The van der Waals surface area contributed by atoms with Crippen LogP contribution in [0.4, 0.5) is 0 Å². The summed E-state index contributed by atoms with van der Waals surface area (Å²) in [5, 5.41) is 0. The molecule has 0 aliphatic rings. The van der Waals surface area contributed by atoms with Crippen molar-refractivity contribution in [3.05, 3.63) is 24.4 Å². The molecule has 0 aliphatic heterocycles. The van der Waals surface area contributed by atoms with Gasteiger partial charge in [0, 0.05) is 18.7 Å². The number of hydrogen-bond acceptors (Lipinski definition) is 4. The van der Waals surface area contributed by atoms with Crippen molar-refractivity contribution in [1.82, 2.24) is 4.98 Å². The molecule has 1 rings (SSSR count). The summed E-state index contributed by atoms with van der Waals surface area (Å²) in [5.41, 5.74) is 0. The first-order valence-corrected chi connectivity index (χ1v) is 5.35. The summed E-state index contributed by atoms with van der Waals surface area (Å²) in [6.07, 6.45) is 3.12. The van der Waals surface area contributed by atoms with Crippen LogP contribution in [0.1, 0.15) is 26.7 Å². The monoisotopic (exact) mass is 225 g/mol. The Morgan fingerprint density at radius 3 is 2.50 bits per heavy atom. The van der Waals surface area contributed by atoms with Gasteiger partial charge in [-0.3, -0.25) is 4.79 Å². The van der Waals surface area contributed by atoms with Crippen LogP contribution in [-0.4, -0.2) is 24.7 Å². The molecule has 0 saturated carbocycles. The molecular weight excluding hydrogens is 206 g/mol. The fraction of sp³-hybridized carbons (Fsp3) is 0.500. The highest BCUT2D eigenvalue weighted by molar-refractivity contribution is 5.69. The molecule has 0 aromatic carbocycles. The Kier molecular flexibility index (Phi) is 8.97. The molecule has 0 atom stereocenters. The minimum absolute atomic E-state index is 0.0880. The third kappa shape index (κ3) is 7.79. The first-order valence-electron chi connectivity index (χ1n) is 5.35. The molecule has 0 saturated heterocycles. The number of methoxy groups -OCH3 is 1. The predicted octanol–water partition coefficient (Wildman–Crippen LogP) is 2.44. The lowest BCUT2D eigenvalue weighted by molar-refractivity contribution is -0.143. The topological polar surface area (TPSA) is 48.4 Å². The van der Waals surface area contributed by atoms with Crippen molar-refractivity contribution < 1.29 is 14.3 Å². The third-order valence-electron chi connectivity index (χ3n) is 1.61. The minimum atomic E-state index is -0.0880. The van der Waals surface area contributed by atoms with Crippen molar-refractivity contribution in [1.29, 1.82) is 0 Å². The van der Waals surface area contributed by atoms with Crippen LogP contribution in [0.5, 0.6) is 5.88 Å². The Morgan fingerprint density at radius 1 is 1.38 bits per heavy atom. The van der Waals surface area contributed by atoms with Gasteiger partial charge in [0.2, 0.25) is 5.88 Å². The van der Waals surface area contributed by atoms with Crippen molar-refractivity contribution in [2.75, 3.05) is 13.7 Å². The van der Waals surface area contributed by atoms with Gasteiger partial charge in [0.1, 0.15) is 0 Å².